The van der Waals surface area contributed by atoms with Crippen LogP contribution in [0.2, 0.25) is 0 Å². The van der Waals surface area contributed by atoms with E-state index in [2.05, 4.69) is 27.2 Å². The molecule has 148 valence electrons. The van der Waals surface area contributed by atoms with Gasteiger partial charge in [-0.15, -0.1) is 24.0 Å². The van der Waals surface area contributed by atoms with Gasteiger partial charge in [-0.05, 0) is 12.8 Å². The van der Waals surface area contributed by atoms with Crippen molar-refractivity contribution < 1.29 is 9.84 Å². The molecule has 2 aliphatic rings. The molecule has 0 amide bonds. The molecule has 2 heterocycles. The number of aryl methyl sites for hydroxylation is 1. The molecule has 1 saturated carbocycles. The first-order chi connectivity index (χ1) is 12.0. The number of nitrogens with one attached hydrogen (secondary N) is 1. The molecule has 0 bridgehead atoms. The fourth-order valence-corrected chi connectivity index (χ4v) is 3.85. The number of ether oxygens (including phenoxy) is 1. The molecule has 26 heavy (non-hydrogen) atoms. The van der Waals surface area contributed by atoms with E-state index in [1.807, 2.05) is 26.5 Å². The number of aliphatic hydroxyl groups is 1. The molecule has 7 nitrogen and oxygen atoms in total. The summed E-state index contributed by atoms with van der Waals surface area (Å²) in [7, 11) is 3.73. The predicted molar refractivity (Wildman–Crippen MR) is 113 cm³/mol. The van der Waals surface area contributed by atoms with Crippen LogP contribution in [0.1, 0.15) is 44.3 Å². The van der Waals surface area contributed by atoms with Gasteiger partial charge >= 0.3 is 0 Å². The Morgan fingerprint density at radius 3 is 2.96 bits per heavy atom. The maximum absolute atomic E-state index is 10.4. The molecular formula is C18H32IN5O2. The number of nitrogens with zero attached hydrogens (tertiary/aromatic N) is 4. The van der Waals surface area contributed by atoms with Crippen molar-refractivity contribution in [3.63, 3.8) is 0 Å². The van der Waals surface area contributed by atoms with Crippen LogP contribution in [0.5, 0.6) is 0 Å². The lowest BCUT2D eigenvalue weighted by Crippen LogP contribution is -2.52. The molecule has 0 radical (unpaired) electrons. The van der Waals surface area contributed by atoms with E-state index in [0.717, 1.165) is 50.4 Å². The highest BCUT2D eigenvalue weighted by atomic mass is 127. The molecule has 1 aromatic heterocycles. The van der Waals surface area contributed by atoms with Gasteiger partial charge in [0.1, 0.15) is 6.10 Å². The number of morpholine rings is 1. The van der Waals surface area contributed by atoms with E-state index in [0.29, 0.717) is 6.61 Å². The third kappa shape index (κ3) is 4.89. The number of halogens is 1. The Balaban J connectivity index is 0.00000243. The van der Waals surface area contributed by atoms with Gasteiger partial charge in [-0.25, -0.2) is 0 Å². The minimum absolute atomic E-state index is 0. The van der Waals surface area contributed by atoms with Crippen LogP contribution < -0.4 is 5.32 Å². The average Bonchev–Trinajstić information content (AvgIpc) is 3.05. The van der Waals surface area contributed by atoms with E-state index in [1.165, 1.54) is 6.42 Å². The van der Waals surface area contributed by atoms with E-state index < -0.39 is 0 Å². The fraction of sp³-hybridized carbons (Fsp3) is 0.778. The monoisotopic (exact) mass is 477 g/mol. The lowest BCUT2D eigenvalue weighted by atomic mass is 9.73. The molecule has 1 aromatic rings. The van der Waals surface area contributed by atoms with Gasteiger partial charge in [-0.1, -0.05) is 19.8 Å². The van der Waals surface area contributed by atoms with Crippen molar-refractivity contribution in [1.82, 2.24) is 20.0 Å². The van der Waals surface area contributed by atoms with Crippen LogP contribution in [0.3, 0.4) is 0 Å². The van der Waals surface area contributed by atoms with Crippen LogP contribution in [0.25, 0.3) is 0 Å². The van der Waals surface area contributed by atoms with E-state index in [-0.39, 0.29) is 41.6 Å². The summed E-state index contributed by atoms with van der Waals surface area (Å²) in [5.41, 5.74) is 1.01. The highest BCUT2D eigenvalue weighted by molar-refractivity contribution is 14.0. The number of hydrogen-bond acceptors (Lipinski definition) is 4. The van der Waals surface area contributed by atoms with Gasteiger partial charge in [0.15, 0.2) is 5.96 Å². The Kier molecular flexibility index (Phi) is 7.72. The summed E-state index contributed by atoms with van der Waals surface area (Å²) in [6.07, 6.45) is 7.91. The molecule has 1 saturated heterocycles. The Labute approximate surface area is 173 Å². The van der Waals surface area contributed by atoms with E-state index >= 15 is 0 Å². The predicted octanol–water partition coefficient (Wildman–Crippen LogP) is 1.93. The first kappa shape index (κ1) is 21.4. The lowest BCUT2D eigenvalue weighted by Gasteiger charge is -2.40. The minimum Gasteiger partial charge on any atom is -0.392 e. The average molecular weight is 477 g/mol. The number of guanidine groups is 1. The van der Waals surface area contributed by atoms with Gasteiger partial charge in [-0.3, -0.25) is 9.67 Å². The van der Waals surface area contributed by atoms with Gasteiger partial charge in [0.25, 0.3) is 0 Å². The second-order valence-corrected chi connectivity index (χ2v) is 7.57. The number of rotatable bonds is 3. The Morgan fingerprint density at radius 1 is 1.50 bits per heavy atom. The normalized spacial score (nSPS) is 30.0. The maximum Gasteiger partial charge on any atom is 0.193 e. The van der Waals surface area contributed by atoms with Crippen LogP contribution in [0.4, 0.5) is 0 Å². The molecule has 3 unspecified atom stereocenters. The molecule has 3 atom stereocenters. The van der Waals surface area contributed by atoms with E-state index in [1.54, 1.807) is 4.68 Å². The third-order valence-corrected chi connectivity index (χ3v) is 5.60. The molecule has 8 heteroatoms. The molecule has 2 N–H and O–H groups in total. The Hall–Kier alpha value is -0.870. The molecule has 0 aromatic carbocycles. The first-order valence-corrected chi connectivity index (χ1v) is 9.25. The minimum atomic E-state index is -0.236. The number of aliphatic imine (C=N–C) groups is 1. The summed E-state index contributed by atoms with van der Waals surface area (Å²) >= 11 is 0. The first-order valence-electron chi connectivity index (χ1n) is 9.25. The van der Waals surface area contributed by atoms with Gasteiger partial charge in [0.2, 0.25) is 0 Å². The zero-order valence-electron chi connectivity index (χ0n) is 16.0. The van der Waals surface area contributed by atoms with Gasteiger partial charge < -0.3 is 20.1 Å². The second-order valence-electron chi connectivity index (χ2n) is 7.57. The number of aliphatic hydroxyl groups excluding tert-OH is 1. The van der Waals surface area contributed by atoms with Crippen molar-refractivity contribution in [1.29, 1.82) is 0 Å². The van der Waals surface area contributed by atoms with Crippen molar-refractivity contribution in [3.8, 4) is 0 Å². The van der Waals surface area contributed by atoms with Crippen LogP contribution >= 0.6 is 24.0 Å². The van der Waals surface area contributed by atoms with Crippen molar-refractivity contribution >= 4 is 29.9 Å². The van der Waals surface area contributed by atoms with Gasteiger partial charge in [0, 0.05) is 44.4 Å². The summed E-state index contributed by atoms with van der Waals surface area (Å²) in [4.78, 5) is 6.69. The number of hydrogen-bond donors (Lipinski definition) is 2. The van der Waals surface area contributed by atoms with Crippen molar-refractivity contribution in [2.75, 3.05) is 33.3 Å². The van der Waals surface area contributed by atoms with Crippen LogP contribution in [0, 0.1) is 5.41 Å². The quantitative estimate of drug-likeness (QED) is 0.396. The molecule has 1 aliphatic heterocycles. The molecule has 3 rings (SSSR count). The summed E-state index contributed by atoms with van der Waals surface area (Å²) in [6.45, 7) is 5.16. The zero-order chi connectivity index (χ0) is 17.9. The van der Waals surface area contributed by atoms with Crippen LogP contribution in [-0.2, 0) is 11.8 Å². The van der Waals surface area contributed by atoms with Gasteiger partial charge in [0.05, 0.1) is 25.5 Å². The topological polar surface area (TPSA) is 74.9 Å². The van der Waals surface area contributed by atoms with Crippen molar-refractivity contribution in [2.24, 2.45) is 17.5 Å². The molecule has 1 aliphatic carbocycles. The molecule has 2 fully saturated rings. The van der Waals surface area contributed by atoms with Crippen molar-refractivity contribution in [3.05, 3.63) is 18.0 Å². The molecule has 0 spiro atoms. The maximum atomic E-state index is 10.4. The second kappa shape index (κ2) is 9.36. The fourth-order valence-electron chi connectivity index (χ4n) is 3.85. The summed E-state index contributed by atoms with van der Waals surface area (Å²) in [6, 6.07) is 0. The highest BCUT2D eigenvalue weighted by Gasteiger charge is 2.36. The van der Waals surface area contributed by atoms with Crippen LogP contribution in [-0.4, -0.2) is 65.1 Å². The SMILES string of the molecule is CN=C(NCC1(C)CCCCC1O)N1CCOC(c2cnn(C)c2)C1.I. The third-order valence-electron chi connectivity index (χ3n) is 5.60. The van der Waals surface area contributed by atoms with E-state index in [9.17, 15) is 5.11 Å². The van der Waals surface area contributed by atoms with Crippen molar-refractivity contribution in [2.45, 2.75) is 44.8 Å². The Morgan fingerprint density at radius 2 is 2.31 bits per heavy atom. The van der Waals surface area contributed by atoms with Gasteiger partial charge in [-0.2, -0.15) is 5.10 Å². The standard InChI is InChI=1S/C18H31N5O2.HI/c1-18(7-5-4-6-16(18)24)13-20-17(19-2)23-8-9-25-15(12-23)14-10-21-22(3)11-14;/h10-11,15-16,24H,4-9,12-13H2,1-3H3,(H,19,20);1H. The summed E-state index contributed by atoms with van der Waals surface area (Å²) < 4.78 is 7.72. The smallest absolute Gasteiger partial charge is 0.193 e. The number of aromatic nitrogens is 2. The molecular weight excluding hydrogens is 445 g/mol. The lowest BCUT2D eigenvalue weighted by molar-refractivity contribution is -0.0108. The zero-order valence-corrected chi connectivity index (χ0v) is 18.3. The summed E-state index contributed by atoms with van der Waals surface area (Å²) in [5, 5.41) is 18.1. The Bertz CT molecular complexity index is 608. The largest absolute Gasteiger partial charge is 0.392 e. The van der Waals surface area contributed by atoms with Crippen LogP contribution in [0.15, 0.2) is 17.4 Å². The summed E-state index contributed by atoms with van der Waals surface area (Å²) in [5.74, 6) is 0.885. The highest BCUT2D eigenvalue weighted by Crippen LogP contribution is 2.35. The van der Waals surface area contributed by atoms with E-state index in [4.69, 9.17) is 4.74 Å².